The minimum Gasteiger partial charge on any atom is -0.478 e. The highest BCUT2D eigenvalue weighted by molar-refractivity contribution is 5.88. The molecule has 4 unspecified atom stereocenters. The monoisotopic (exact) mass is 318 g/mol. The number of hydrogen-bond acceptors (Lipinski definition) is 2. The summed E-state index contributed by atoms with van der Waals surface area (Å²) in [5.74, 6) is 0.239. The smallest absolute Gasteiger partial charge is 0.331 e. The highest BCUT2D eigenvalue weighted by Gasteiger charge is 2.55. The zero-order valence-electron chi connectivity index (χ0n) is 14.9. The Hall–Kier alpha value is -1.38. The molecule has 0 spiro atoms. The number of fused-ring (bicyclic) bond motifs is 1. The molecular formula is C20H30O3. The van der Waals surface area contributed by atoms with E-state index in [1.165, 1.54) is 0 Å². The van der Waals surface area contributed by atoms with E-state index in [0.29, 0.717) is 17.4 Å². The second kappa shape index (κ2) is 6.62. The number of allylic oxidation sites excluding steroid dienone is 3. The van der Waals surface area contributed by atoms with Crippen LogP contribution in [0.25, 0.3) is 0 Å². The summed E-state index contributed by atoms with van der Waals surface area (Å²) >= 11 is 0. The van der Waals surface area contributed by atoms with Gasteiger partial charge in [0.05, 0.1) is 0 Å². The number of carboxylic acid groups (broad SMARTS) is 1. The van der Waals surface area contributed by atoms with Gasteiger partial charge in [-0.2, -0.15) is 0 Å². The first kappa shape index (κ1) is 18.0. The summed E-state index contributed by atoms with van der Waals surface area (Å²) < 4.78 is 0. The summed E-state index contributed by atoms with van der Waals surface area (Å²) in [4.78, 5) is 22.4. The van der Waals surface area contributed by atoms with Crippen LogP contribution < -0.4 is 0 Å². The van der Waals surface area contributed by atoms with Gasteiger partial charge in [-0.1, -0.05) is 32.4 Å². The van der Waals surface area contributed by atoms with Crippen molar-refractivity contribution in [2.24, 2.45) is 22.7 Å². The molecule has 0 radical (unpaired) electrons. The van der Waals surface area contributed by atoms with Crippen molar-refractivity contribution in [3.8, 4) is 0 Å². The lowest BCUT2D eigenvalue weighted by Gasteiger charge is -2.57. The van der Waals surface area contributed by atoms with Crippen molar-refractivity contribution in [3.05, 3.63) is 23.3 Å². The molecule has 1 saturated carbocycles. The molecule has 0 amide bonds. The molecule has 128 valence electrons. The van der Waals surface area contributed by atoms with E-state index in [1.807, 2.05) is 13.0 Å². The minimum atomic E-state index is -0.744. The zero-order chi connectivity index (χ0) is 17.3. The van der Waals surface area contributed by atoms with E-state index in [9.17, 15) is 14.7 Å². The predicted molar refractivity (Wildman–Crippen MR) is 92.1 cm³/mol. The average molecular weight is 318 g/mol. The Morgan fingerprint density at radius 3 is 2.70 bits per heavy atom. The van der Waals surface area contributed by atoms with Gasteiger partial charge >= 0.3 is 5.97 Å². The van der Waals surface area contributed by atoms with Gasteiger partial charge in [0.1, 0.15) is 6.29 Å². The van der Waals surface area contributed by atoms with E-state index in [-0.39, 0.29) is 10.8 Å². The summed E-state index contributed by atoms with van der Waals surface area (Å²) in [7, 11) is 0. The third-order valence-corrected chi connectivity index (χ3v) is 6.85. The van der Waals surface area contributed by atoms with Gasteiger partial charge in [-0.25, -0.2) is 4.79 Å². The number of carbonyl (C=O) groups is 2. The number of carbonyl (C=O) groups excluding carboxylic acids is 1. The van der Waals surface area contributed by atoms with Crippen LogP contribution in [0.15, 0.2) is 23.3 Å². The molecule has 0 aromatic rings. The Morgan fingerprint density at radius 1 is 1.39 bits per heavy atom. The molecule has 3 heteroatoms. The van der Waals surface area contributed by atoms with Crippen molar-refractivity contribution in [1.82, 2.24) is 0 Å². The van der Waals surface area contributed by atoms with E-state index in [2.05, 4.69) is 20.8 Å². The number of rotatable bonds is 5. The highest BCUT2D eigenvalue weighted by Crippen LogP contribution is 2.62. The molecule has 2 aliphatic carbocycles. The second-order valence-corrected chi connectivity index (χ2v) is 8.06. The SMILES string of the molecule is CC(=CC=O)CCC1(C)C(C)CCC2(C)C(C(=O)O)=CCCC21. The van der Waals surface area contributed by atoms with Crippen LogP contribution in [0.2, 0.25) is 0 Å². The van der Waals surface area contributed by atoms with Gasteiger partial charge in [0.15, 0.2) is 0 Å². The van der Waals surface area contributed by atoms with E-state index in [1.54, 1.807) is 6.08 Å². The van der Waals surface area contributed by atoms with Gasteiger partial charge in [-0.3, -0.25) is 4.79 Å². The Balaban J connectivity index is 2.32. The van der Waals surface area contributed by atoms with Gasteiger partial charge < -0.3 is 5.11 Å². The van der Waals surface area contributed by atoms with Crippen LogP contribution in [-0.4, -0.2) is 17.4 Å². The first-order valence-electron chi connectivity index (χ1n) is 8.80. The van der Waals surface area contributed by atoms with E-state index >= 15 is 0 Å². The molecule has 0 aromatic carbocycles. The predicted octanol–water partition coefficient (Wildman–Crippen LogP) is 4.78. The summed E-state index contributed by atoms with van der Waals surface area (Å²) in [5, 5.41) is 9.65. The molecule has 4 atom stereocenters. The molecule has 3 nitrogen and oxygen atoms in total. The maximum atomic E-state index is 11.7. The van der Waals surface area contributed by atoms with Crippen molar-refractivity contribution >= 4 is 12.3 Å². The van der Waals surface area contributed by atoms with Crippen LogP contribution in [0, 0.1) is 22.7 Å². The lowest BCUT2D eigenvalue weighted by atomic mass is 9.46. The van der Waals surface area contributed by atoms with Crippen LogP contribution in [0.5, 0.6) is 0 Å². The summed E-state index contributed by atoms with van der Waals surface area (Å²) in [6.07, 6.45) is 10.4. The molecule has 0 aromatic heterocycles. The standard InChI is InChI=1S/C20H30O3/c1-14(10-13-21)8-11-19(3)15(2)9-12-20(4)16(18(22)23)6-5-7-17(19)20/h6,10,13,15,17H,5,7-9,11-12H2,1-4H3,(H,22,23). The first-order valence-corrected chi connectivity index (χ1v) is 8.80. The molecule has 0 saturated heterocycles. The largest absolute Gasteiger partial charge is 0.478 e. The zero-order valence-corrected chi connectivity index (χ0v) is 14.9. The fourth-order valence-corrected chi connectivity index (χ4v) is 5.11. The van der Waals surface area contributed by atoms with Crippen LogP contribution in [0.3, 0.4) is 0 Å². The molecule has 1 fully saturated rings. The van der Waals surface area contributed by atoms with E-state index < -0.39 is 5.97 Å². The van der Waals surface area contributed by atoms with Crippen molar-refractivity contribution < 1.29 is 14.7 Å². The number of aliphatic carboxylic acids is 1. The lowest BCUT2D eigenvalue weighted by Crippen LogP contribution is -2.51. The fraction of sp³-hybridized carbons (Fsp3) is 0.700. The molecule has 2 aliphatic rings. The van der Waals surface area contributed by atoms with Crippen molar-refractivity contribution in [2.45, 2.75) is 66.2 Å². The highest BCUT2D eigenvalue weighted by atomic mass is 16.4. The lowest BCUT2D eigenvalue weighted by molar-refractivity contribution is -0.137. The number of carboxylic acids is 1. The van der Waals surface area contributed by atoms with Gasteiger partial charge in [-0.15, -0.1) is 0 Å². The molecule has 0 bridgehead atoms. The van der Waals surface area contributed by atoms with Crippen molar-refractivity contribution in [3.63, 3.8) is 0 Å². The van der Waals surface area contributed by atoms with Crippen LogP contribution in [0.1, 0.15) is 66.2 Å². The molecule has 0 aliphatic heterocycles. The molecule has 0 heterocycles. The average Bonchev–Trinajstić information content (AvgIpc) is 2.49. The van der Waals surface area contributed by atoms with Crippen molar-refractivity contribution in [2.75, 3.05) is 0 Å². The van der Waals surface area contributed by atoms with Crippen LogP contribution in [-0.2, 0) is 9.59 Å². The van der Waals surface area contributed by atoms with Crippen LogP contribution in [0.4, 0.5) is 0 Å². The fourth-order valence-electron chi connectivity index (χ4n) is 5.11. The molecule has 2 rings (SSSR count). The van der Waals surface area contributed by atoms with Gasteiger partial charge in [0.25, 0.3) is 0 Å². The Bertz CT molecular complexity index is 545. The Kier molecular flexibility index (Phi) is 5.17. The Morgan fingerprint density at radius 2 is 2.09 bits per heavy atom. The third-order valence-electron chi connectivity index (χ3n) is 6.85. The summed E-state index contributed by atoms with van der Waals surface area (Å²) in [6, 6.07) is 0. The second-order valence-electron chi connectivity index (χ2n) is 8.06. The first-order chi connectivity index (χ1) is 10.8. The normalized spacial score (nSPS) is 37.7. The van der Waals surface area contributed by atoms with Crippen molar-refractivity contribution in [1.29, 1.82) is 0 Å². The van der Waals surface area contributed by atoms with Crippen LogP contribution >= 0.6 is 0 Å². The molecule has 23 heavy (non-hydrogen) atoms. The maximum Gasteiger partial charge on any atom is 0.331 e. The topological polar surface area (TPSA) is 54.4 Å². The van der Waals surface area contributed by atoms with E-state index in [4.69, 9.17) is 0 Å². The van der Waals surface area contributed by atoms with E-state index in [0.717, 1.165) is 50.4 Å². The third kappa shape index (κ3) is 3.15. The quantitative estimate of drug-likeness (QED) is 0.586. The van der Waals surface area contributed by atoms with Gasteiger partial charge in [0.2, 0.25) is 0 Å². The van der Waals surface area contributed by atoms with Gasteiger partial charge in [0, 0.05) is 11.0 Å². The summed E-state index contributed by atoms with van der Waals surface area (Å²) in [5.41, 5.74) is 1.66. The number of aldehydes is 1. The maximum absolute atomic E-state index is 11.7. The Labute approximate surface area is 139 Å². The minimum absolute atomic E-state index is 0.125. The molecule has 1 N–H and O–H groups in total. The number of hydrogen-bond donors (Lipinski definition) is 1. The molecular weight excluding hydrogens is 288 g/mol. The summed E-state index contributed by atoms with van der Waals surface area (Å²) in [6.45, 7) is 8.83. The van der Waals surface area contributed by atoms with Gasteiger partial charge in [-0.05, 0) is 68.8 Å².